The second-order valence-corrected chi connectivity index (χ2v) is 8.05. The number of rotatable bonds is 11. The smallest absolute Gasteiger partial charge is 0.467 e. The number of alkyl halides is 3. The van der Waals surface area contributed by atoms with Crippen molar-refractivity contribution in [3.05, 3.63) is 35.9 Å². The fraction of sp³-hybridized carbons (Fsp3) is 0.522. The molecule has 9 nitrogen and oxygen atoms in total. The number of esters is 1. The molecule has 2 heterocycles. The molecule has 3 rings (SSSR count). The summed E-state index contributed by atoms with van der Waals surface area (Å²) in [5.74, 6) is 0.828. The maximum atomic E-state index is 12.3. The summed E-state index contributed by atoms with van der Waals surface area (Å²) < 4.78 is 55.8. The lowest BCUT2D eigenvalue weighted by Crippen LogP contribution is -2.37. The van der Waals surface area contributed by atoms with Gasteiger partial charge in [-0.2, -0.15) is 9.97 Å². The largest absolute Gasteiger partial charge is 0.573 e. The number of hydrogen-bond acceptors (Lipinski definition) is 9. The van der Waals surface area contributed by atoms with E-state index in [0.717, 1.165) is 24.9 Å². The van der Waals surface area contributed by atoms with Crippen molar-refractivity contribution in [3.8, 4) is 11.8 Å². The van der Waals surface area contributed by atoms with Gasteiger partial charge in [-0.15, -0.1) is 13.2 Å². The zero-order valence-electron chi connectivity index (χ0n) is 19.6. The fourth-order valence-electron chi connectivity index (χ4n) is 3.81. The molecule has 1 atom stereocenters. The molecule has 0 bridgehead atoms. The summed E-state index contributed by atoms with van der Waals surface area (Å²) in [4.78, 5) is 22.8. The molecule has 1 aliphatic heterocycles. The van der Waals surface area contributed by atoms with Crippen molar-refractivity contribution in [1.29, 1.82) is 0 Å². The Kier molecular flexibility index (Phi) is 9.35. The van der Waals surface area contributed by atoms with Gasteiger partial charge in [-0.25, -0.2) is 0 Å². The molecular formula is C23H29F3N4O5. The molecule has 1 aliphatic rings. The number of hydrogen-bond donors (Lipinski definition) is 1. The summed E-state index contributed by atoms with van der Waals surface area (Å²) in [5.41, 5.74) is 0.840. The molecule has 0 aliphatic carbocycles. The van der Waals surface area contributed by atoms with Crippen LogP contribution in [0.15, 0.2) is 30.3 Å². The third-order valence-corrected chi connectivity index (χ3v) is 5.39. The second-order valence-electron chi connectivity index (χ2n) is 8.05. The van der Waals surface area contributed by atoms with Gasteiger partial charge in [0.25, 0.3) is 0 Å². The van der Waals surface area contributed by atoms with E-state index in [9.17, 15) is 18.0 Å². The highest BCUT2D eigenvalue weighted by molar-refractivity contribution is 5.69. The van der Waals surface area contributed by atoms with Gasteiger partial charge in [0.2, 0.25) is 0 Å². The number of nitrogens with one attached hydrogen (secondary N) is 1. The van der Waals surface area contributed by atoms with E-state index < -0.39 is 6.36 Å². The molecule has 0 saturated carbocycles. The van der Waals surface area contributed by atoms with Crippen molar-refractivity contribution in [2.45, 2.75) is 32.0 Å². The standard InChI is InChI=1S/C23H29F3N4O5/c1-32-15-34-21(31)12-17-4-3-11-30(14-17)20-13-19(28-22(29-20)33-2)27-10-9-16-5-7-18(8-6-16)35-23(24,25)26/h5-8,13,17H,3-4,9-12,14-15H2,1-2H3,(H,27,28,29). The van der Waals surface area contributed by atoms with Gasteiger partial charge in [-0.1, -0.05) is 12.1 Å². The SMILES string of the molecule is COCOC(=O)CC1CCCN(c2cc(NCCc3ccc(OC(F)(F)F)cc3)nc(OC)n2)C1. The van der Waals surface area contributed by atoms with Gasteiger partial charge in [0, 0.05) is 32.8 Å². The minimum absolute atomic E-state index is 0.0567. The van der Waals surface area contributed by atoms with Crippen molar-refractivity contribution in [3.63, 3.8) is 0 Å². The Labute approximate surface area is 201 Å². The summed E-state index contributed by atoms with van der Waals surface area (Å²) in [5, 5.41) is 3.21. The second kappa shape index (κ2) is 12.4. The summed E-state index contributed by atoms with van der Waals surface area (Å²) >= 11 is 0. The van der Waals surface area contributed by atoms with Crippen LogP contribution in [0.25, 0.3) is 0 Å². The summed E-state index contributed by atoms with van der Waals surface area (Å²) in [7, 11) is 2.95. The molecule has 1 saturated heterocycles. The number of anilines is 2. The first-order valence-electron chi connectivity index (χ1n) is 11.2. The molecule has 12 heteroatoms. The Morgan fingerprint density at radius 1 is 1.20 bits per heavy atom. The van der Waals surface area contributed by atoms with Gasteiger partial charge in [0.1, 0.15) is 17.4 Å². The quantitative estimate of drug-likeness (QED) is 0.367. The lowest BCUT2D eigenvalue weighted by Gasteiger charge is -2.33. The maximum absolute atomic E-state index is 12.3. The monoisotopic (exact) mass is 498 g/mol. The Hall–Kier alpha value is -3.28. The average molecular weight is 499 g/mol. The molecule has 1 aromatic heterocycles. The van der Waals surface area contributed by atoms with Crippen molar-refractivity contribution in [2.75, 3.05) is 50.9 Å². The lowest BCUT2D eigenvalue weighted by molar-refractivity contribution is -0.274. The molecule has 192 valence electrons. The number of piperidine rings is 1. The number of carbonyl (C=O) groups excluding carboxylic acids is 1. The van der Waals surface area contributed by atoms with Crippen LogP contribution in [-0.4, -0.2) is 62.9 Å². The molecule has 1 fully saturated rings. The van der Waals surface area contributed by atoms with Crippen LogP contribution in [0.5, 0.6) is 11.8 Å². The normalized spacial score (nSPS) is 16.0. The van der Waals surface area contributed by atoms with E-state index in [4.69, 9.17) is 14.2 Å². The Balaban J connectivity index is 1.57. The van der Waals surface area contributed by atoms with E-state index in [2.05, 4.69) is 24.9 Å². The van der Waals surface area contributed by atoms with E-state index in [-0.39, 0.29) is 30.4 Å². The third kappa shape index (κ3) is 8.78. The zero-order chi connectivity index (χ0) is 25.3. The third-order valence-electron chi connectivity index (χ3n) is 5.39. The van der Waals surface area contributed by atoms with E-state index in [0.29, 0.717) is 37.6 Å². The van der Waals surface area contributed by atoms with Crippen LogP contribution >= 0.6 is 0 Å². The fourth-order valence-corrected chi connectivity index (χ4v) is 3.81. The number of halogens is 3. The lowest BCUT2D eigenvalue weighted by atomic mass is 9.95. The summed E-state index contributed by atoms with van der Waals surface area (Å²) in [6.07, 6.45) is -2.03. The molecule has 1 unspecified atom stereocenters. The zero-order valence-corrected chi connectivity index (χ0v) is 19.6. The average Bonchev–Trinajstić information content (AvgIpc) is 2.83. The molecule has 0 amide bonds. The molecule has 1 aromatic carbocycles. The van der Waals surface area contributed by atoms with Crippen LogP contribution in [-0.2, 0) is 20.7 Å². The minimum Gasteiger partial charge on any atom is -0.467 e. The first-order valence-corrected chi connectivity index (χ1v) is 11.2. The van der Waals surface area contributed by atoms with Crippen molar-refractivity contribution < 1.29 is 36.9 Å². The highest BCUT2D eigenvalue weighted by Crippen LogP contribution is 2.27. The first kappa shape index (κ1) is 26.3. The molecule has 0 radical (unpaired) electrons. The Bertz CT molecular complexity index is 959. The van der Waals surface area contributed by atoms with Crippen LogP contribution in [0.2, 0.25) is 0 Å². The number of aromatic nitrogens is 2. The highest BCUT2D eigenvalue weighted by Gasteiger charge is 2.31. The van der Waals surface area contributed by atoms with Crippen LogP contribution in [0.1, 0.15) is 24.8 Å². The van der Waals surface area contributed by atoms with Gasteiger partial charge < -0.3 is 29.2 Å². The van der Waals surface area contributed by atoms with E-state index in [1.165, 1.54) is 26.4 Å². The first-order chi connectivity index (χ1) is 16.8. The predicted molar refractivity (Wildman–Crippen MR) is 121 cm³/mol. The number of ether oxygens (including phenoxy) is 4. The number of carbonyl (C=O) groups is 1. The molecule has 2 aromatic rings. The van der Waals surface area contributed by atoms with Crippen molar-refractivity contribution in [1.82, 2.24) is 9.97 Å². The summed E-state index contributed by atoms with van der Waals surface area (Å²) in [6, 6.07) is 7.76. The van der Waals surface area contributed by atoms with Crippen LogP contribution < -0.4 is 19.7 Å². The number of nitrogens with zero attached hydrogens (tertiary/aromatic N) is 3. The molecule has 1 N–H and O–H groups in total. The highest BCUT2D eigenvalue weighted by atomic mass is 19.4. The maximum Gasteiger partial charge on any atom is 0.573 e. The molecular weight excluding hydrogens is 469 g/mol. The topological polar surface area (TPSA) is 95.0 Å². The van der Waals surface area contributed by atoms with Gasteiger partial charge in [0.05, 0.1) is 13.5 Å². The minimum atomic E-state index is -4.71. The van der Waals surface area contributed by atoms with E-state index in [1.807, 2.05) is 6.07 Å². The van der Waals surface area contributed by atoms with Gasteiger partial charge >= 0.3 is 18.3 Å². The van der Waals surface area contributed by atoms with Crippen molar-refractivity contribution >= 4 is 17.6 Å². The van der Waals surface area contributed by atoms with Gasteiger partial charge in [-0.3, -0.25) is 4.79 Å². The molecule has 35 heavy (non-hydrogen) atoms. The number of methoxy groups -OCH3 is 2. The predicted octanol–water partition coefficient (Wildman–Crippen LogP) is 3.79. The Morgan fingerprint density at radius 3 is 2.66 bits per heavy atom. The van der Waals surface area contributed by atoms with E-state index >= 15 is 0 Å². The molecule has 0 spiro atoms. The van der Waals surface area contributed by atoms with Crippen LogP contribution in [0, 0.1) is 5.92 Å². The van der Waals surface area contributed by atoms with Crippen LogP contribution in [0.3, 0.4) is 0 Å². The van der Waals surface area contributed by atoms with Gasteiger partial charge in [-0.05, 0) is 42.9 Å². The van der Waals surface area contributed by atoms with Gasteiger partial charge in [0.15, 0.2) is 6.79 Å². The summed E-state index contributed by atoms with van der Waals surface area (Å²) in [6.45, 7) is 1.87. The number of benzene rings is 1. The van der Waals surface area contributed by atoms with Crippen molar-refractivity contribution in [2.24, 2.45) is 5.92 Å². The van der Waals surface area contributed by atoms with E-state index in [1.54, 1.807) is 12.1 Å². The van der Waals surface area contributed by atoms with Crippen LogP contribution in [0.4, 0.5) is 24.8 Å². The Morgan fingerprint density at radius 2 is 1.97 bits per heavy atom.